The average molecular weight is 678 g/mol. The van der Waals surface area contributed by atoms with Crippen molar-refractivity contribution in [2.45, 2.75) is 232 Å². The number of aliphatic hydroxyl groups excluding tert-OH is 1. The van der Waals surface area contributed by atoms with Crippen LogP contribution in [-0.2, 0) is 14.6 Å². The second-order valence-electron chi connectivity index (χ2n) is 13.9. The van der Waals surface area contributed by atoms with Gasteiger partial charge in [0.2, 0.25) is 0 Å². The van der Waals surface area contributed by atoms with Gasteiger partial charge in [-0.05, 0) is 19.8 Å². The summed E-state index contributed by atoms with van der Waals surface area (Å²) < 4.78 is 29.7. The lowest BCUT2D eigenvalue weighted by molar-refractivity contribution is 0.0163. The molecule has 46 heavy (non-hydrogen) atoms. The van der Waals surface area contributed by atoms with Crippen molar-refractivity contribution in [3.8, 4) is 0 Å². The van der Waals surface area contributed by atoms with Crippen LogP contribution >= 0.6 is 0 Å². The summed E-state index contributed by atoms with van der Waals surface area (Å²) in [5, 5.41) is 10.2. The molecular weight excluding hydrogens is 594 g/mol. The fraction of sp³-hybridized carbons (Fsp3) is 1.00. The van der Waals surface area contributed by atoms with E-state index in [9.17, 15) is 13.5 Å². The molecule has 0 saturated heterocycles. The lowest BCUT2D eigenvalue weighted by atomic mass is 10.0. The molecule has 0 spiro atoms. The van der Waals surface area contributed by atoms with Crippen molar-refractivity contribution in [1.82, 2.24) is 4.90 Å². The molecule has 0 aromatic carbocycles. The van der Waals surface area contributed by atoms with Crippen LogP contribution < -0.4 is 0 Å². The first-order valence-corrected chi connectivity index (χ1v) is 21.6. The average Bonchev–Trinajstić information content (AvgIpc) is 3.03. The summed E-state index contributed by atoms with van der Waals surface area (Å²) in [6, 6.07) is 0. The predicted molar refractivity (Wildman–Crippen MR) is 201 cm³/mol. The molecule has 0 rings (SSSR count). The summed E-state index contributed by atoms with van der Waals surface area (Å²) >= 11 is 0. The Hall–Kier alpha value is -0.210. The highest BCUT2D eigenvalue weighted by molar-refractivity contribution is 7.80. The van der Waals surface area contributed by atoms with Crippen molar-refractivity contribution in [3.63, 3.8) is 0 Å². The quantitative estimate of drug-likeness (QED) is 0.0390. The molecule has 0 aliphatic heterocycles. The maximum Gasteiger partial charge on any atom is 0.397 e. The van der Waals surface area contributed by atoms with Crippen molar-refractivity contribution < 1.29 is 22.3 Å². The van der Waals surface area contributed by atoms with E-state index in [1.54, 1.807) is 0 Å². The first-order chi connectivity index (χ1) is 22.3. The molecule has 280 valence electrons. The molecule has 0 fully saturated rings. The minimum Gasteiger partial charge on any atom is -0.379 e. The Morgan fingerprint density at radius 2 is 0.630 bits per heavy atom. The van der Waals surface area contributed by atoms with Gasteiger partial charge in [-0.15, -0.1) is 0 Å². The lowest BCUT2D eigenvalue weighted by Gasteiger charge is -2.25. The van der Waals surface area contributed by atoms with E-state index in [1.165, 1.54) is 205 Å². The van der Waals surface area contributed by atoms with Crippen LogP contribution in [0.2, 0.25) is 0 Å². The zero-order valence-electron chi connectivity index (χ0n) is 31.6. The molecule has 0 saturated carbocycles. The van der Waals surface area contributed by atoms with Crippen molar-refractivity contribution in [2.75, 3.05) is 20.2 Å². The van der Waals surface area contributed by atoms with Crippen LogP contribution in [0.3, 0.4) is 0 Å². The second-order valence-corrected chi connectivity index (χ2v) is 15.1. The van der Waals surface area contributed by atoms with Gasteiger partial charge >= 0.3 is 10.4 Å². The molecule has 0 aliphatic rings. The third-order valence-corrected chi connectivity index (χ3v) is 9.76. The summed E-state index contributed by atoms with van der Waals surface area (Å²) in [5.74, 6) is 0. The molecule has 0 heterocycles. The standard InChI is InChI=1S/C38H79NO.CH4O4S/c1-4-6-8-10-12-14-16-18-20-22-24-26-28-30-32-34-36-39(38(3)40)37-35-33-31-29-27-25-23-21-19-17-15-13-11-9-7-5-2;1-5-6(2,3)4/h38,40H,4-37H2,1-3H3;1H3,(H,2,3,4). The van der Waals surface area contributed by atoms with Crippen LogP contribution in [0.15, 0.2) is 0 Å². The normalized spacial score (nSPS) is 12.4. The number of unbranched alkanes of at least 4 members (excludes halogenated alkanes) is 30. The van der Waals surface area contributed by atoms with Crippen molar-refractivity contribution in [3.05, 3.63) is 0 Å². The molecule has 0 bridgehead atoms. The molecule has 1 unspecified atom stereocenters. The van der Waals surface area contributed by atoms with E-state index in [4.69, 9.17) is 4.55 Å². The first kappa shape index (κ1) is 47.9. The summed E-state index contributed by atoms with van der Waals surface area (Å²) in [6.07, 6.45) is 45.1. The molecule has 0 aromatic rings. The second kappa shape index (κ2) is 39.2. The van der Waals surface area contributed by atoms with Gasteiger partial charge in [0, 0.05) is 13.1 Å². The maximum atomic E-state index is 10.2. The lowest BCUT2D eigenvalue weighted by Crippen LogP contribution is -2.34. The SMILES string of the molecule is CCCCCCCCCCCCCCCCCCN(CCCCCCCCCCCCCCCCCC)C(C)O.COS(=O)(=O)O. The Morgan fingerprint density at radius 1 is 0.457 bits per heavy atom. The van der Waals surface area contributed by atoms with Gasteiger partial charge in [0.05, 0.1) is 7.11 Å². The zero-order chi connectivity index (χ0) is 34.4. The van der Waals surface area contributed by atoms with E-state index in [-0.39, 0.29) is 6.23 Å². The van der Waals surface area contributed by atoms with Gasteiger partial charge in [0.25, 0.3) is 0 Å². The van der Waals surface area contributed by atoms with E-state index < -0.39 is 10.4 Å². The molecule has 6 nitrogen and oxygen atoms in total. The number of nitrogens with zero attached hydrogens (tertiary/aromatic N) is 1. The highest BCUT2D eigenvalue weighted by Gasteiger charge is 2.09. The number of aliphatic hydroxyl groups is 1. The van der Waals surface area contributed by atoms with E-state index >= 15 is 0 Å². The number of hydrogen-bond acceptors (Lipinski definition) is 5. The van der Waals surface area contributed by atoms with Gasteiger partial charge in [0.1, 0.15) is 6.23 Å². The topological polar surface area (TPSA) is 87.1 Å². The van der Waals surface area contributed by atoms with E-state index in [1.807, 2.05) is 6.92 Å². The minimum absolute atomic E-state index is 0.285. The molecular formula is C39H83NO5S. The van der Waals surface area contributed by atoms with Crippen LogP contribution in [0.25, 0.3) is 0 Å². The van der Waals surface area contributed by atoms with E-state index in [0.29, 0.717) is 0 Å². The fourth-order valence-electron chi connectivity index (χ4n) is 6.21. The Balaban J connectivity index is 0. The predicted octanol–water partition coefficient (Wildman–Crippen LogP) is 12.6. The highest BCUT2D eigenvalue weighted by Crippen LogP contribution is 2.16. The van der Waals surface area contributed by atoms with Gasteiger partial charge in [0.15, 0.2) is 0 Å². The van der Waals surface area contributed by atoms with Crippen LogP contribution in [0.4, 0.5) is 0 Å². The minimum atomic E-state index is -4.16. The van der Waals surface area contributed by atoms with Gasteiger partial charge < -0.3 is 5.11 Å². The van der Waals surface area contributed by atoms with Crippen LogP contribution in [0.1, 0.15) is 226 Å². The van der Waals surface area contributed by atoms with Crippen molar-refractivity contribution >= 4 is 10.4 Å². The molecule has 2 N–H and O–H groups in total. The van der Waals surface area contributed by atoms with Crippen molar-refractivity contribution in [2.24, 2.45) is 0 Å². The first-order valence-electron chi connectivity index (χ1n) is 20.2. The Labute approximate surface area is 289 Å². The third kappa shape index (κ3) is 43.8. The molecule has 0 aliphatic carbocycles. The molecule has 1 atom stereocenters. The van der Waals surface area contributed by atoms with Gasteiger partial charge in [-0.1, -0.05) is 206 Å². The van der Waals surface area contributed by atoms with Crippen LogP contribution in [-0.4, -0.2) is 49.4 Å². The maximum absolute atomic E-state index is 10.2. The third-order valence-electron chi connectivity index (χ3n) is 9.34. The molecule has 7 heteroatoms. The Kier molecular flexibility index (Phi) is 40.9. The Bertz CT molecular complexity index is 623. The van der Waals surface area contributed by atoms with Gasteiger partial charge in [-0.3, -0.25) is 13.6 Å². The fourth-order valence-corrected chi connectivity index (χ4v) is 6.21. The summed E-state index contributed by atoms with van der Waals surface area (Å²) in [4.78, 5) is 2.31. The highest BCUT2D eigenvalue weighted by atomic mass is 32.3. The summed E-state index contributed by atoms with van der Waals surface area (Å²) in [7, 11) is -3.29. The van der Waals surface area contributed by atoms with E-state index in [0.717, 1.165) is 20.2 Å². The summed E-state index contributed by atoms with van der Waals surface area (Å²) in [5.41, 5.74) is 0. The monoisotopic (exact) mass is 678 g/mol. The Morgan fingerprint density at radius 3 is 0.783 bits per heavy atom. The number of hydrogen-bond donors (Lipinski definition) is 2. The van der Waals surface area contributed by atoms with E-state index in [2.05, 4.69) is 22.9 Å². The molecule has 0 aromatic heterocycles. The smallest absolute Gasteiger partial charge is 0.379 e. The van der Waals surface area contributed by atoms with Gasteiger partial charge in [-0.2, -0.15) is 8.42 Å². The largest absolute Gasteiger partial charge is 0.397 e. The van der Waals surface area contributed by atoms with Crippen molar-refractivity contribution in [1.29, 1.82) is 0 Å². The molecule has 0 radical (unpaired) electrons. The van der Waals surface area contributed by atoms with Crippen LogP contribution in [0.5, 0.6) is 0 Å². The van der Waals surface area contributed by atoms with Crippen LogP contribution in [0, 0.1) is 0 Å². The summed E-state index contributed by atoms with van der Waals surface area (Å²) in [6.45, 7) is 8.71. The molecule has 0 amide bonds. The number of rotatable bonds is 36. The zero-order valence-corrected chi connectivity index (χ0v) is 32.4. The van der Waals surface area contributed by atoms with Gasteiger partial charge in [-0.25, -0.2) is 0 Å².